The summed E-state index contributed by atoms with van der Waals surface area (Å²) in [7, 11) is 0. The summed E-state index contributed by atoms with van der Waals surface area (Å²) < 4.78 is 6.44. The number of furan rings is 1. The fourth-order valence-electron chi connectivity index (χ4n) is 10.7. The van der Waals surface area contributed by atoms with Gasteiger partial charge in [0.1, 0.15) is 11.2 Å². The van der Waals surface area contributed by atoms with Crippen LogP contribution >= 0.6 is 0 Å². The number of anilines is 3. The molecule has 0 spiro atoms. The van der Waals surface area contributed by atoms with Crippen molar-refractivity contribution < 1.29 is 4.42 Å². The highest BCUT2D eigenvalue weighted by molar-refractivity contribution is 6.13. The number of allylic oxidation sites excluding steroid dienone is 4. The fraction of sp³-hybridized carbons (Fsp3) is 0.0625. The van der Waals surface area contributed by atoms with Crippen molar-refractivity contribution in [2.24, 2.45) is 0 Å². The van der Waals surface area contributed by atoms with Crippen molar-refractivity contribution in [3.63, 3.8) is 0 Å². The largest absolute Gasteiger partial charge is 0.456 e. The lowest BCUT2D eigenvalue weighted by atomic mass is 9.86. The lowest BCUT2D eigenvalue weighted by Gasteiger charge is -2.29. The molecule has 0 unspecified atom stereocenters. The zero-order valence-electron chi connectivity index (χ0n) is 37.2. The Bertz CT molecular complexity index is 3730. The Morgan fingerprint density at radius 1 is 0.515 bits per heavy atom. The third-order valence-electron chi connectivity index (χ3n) is 13.7. The second-order valence-electron chi connectivity index (χ2n) is 17.5. The van der Waals surface area contributed by atoms with Gasteiger partial charge in [-0.25, -0.2) is 0 Å². The van der Waals surface area contributed by atoms with Gasteiger partial charge in [0.25, 0.3) is 0 Å². The van der Waals surface area contributed by atoms with Crippen LogP contribution in [0.1, 0.15) is 34.7 Å². The van der Waals surface area contributed by atoms with E-state index in [2.05, 4.69) is 201 Å². The SMILES string of the molecule is C#C/C(=C\C=C/C)c1c(C)cccc1-c1ccc2c(c1)-c1ccc(-c3cccc4oc5ccccc5c34)cc1-c1cc(-c3cccc4c3-c3ccccc3C4)ccc1N2c1ccccc1C. The van der Waals surface area contributed by atoms with Crippen LogP contribution in [0.3, 0.4) is 0 Å². The predicted molar refractivity (Wildman–Crippen MR) is 278 cm³/mol. The van der Waals surface area contributed by atoms with Crippen molar-refractivity contribution in [1.29, 1.82) is 0 Å². The molecule has 0 N–H and O–H groups in total. The van der Waals surface area contributed by atoms with Gasteiger partial charge in [-0.1, -0.05) is 152 Å². The molecule has 1 aromatic heterocycles. The lowest BCUT2D eigenvalue weighted by molar-refractivity contribution is 0.669. The molecule has 10 aromatic rings. The summed E-state index contributed by atoms with van der Waals surface area (Å²) in [6.07, 6.45) is 13.3. The number of hydrogen-bond donors (Lipinski definition) is 0. The Kier molecular flexibility index (Phi) is 9.33. The van der Waals surface area contributed by atoms with Gasteiger partial charge in [0.15, 0.2) is 0 Å². The molecule has 312 valence electrons. The number of hydrogen-bond acceptors (Lipinski definition) is 2. The molecule has 1 aliphatic heterocycles. The van der Waals surface area contributed by atoms with Crippen LogP contribution < -0.4 is 4.90 Å². The molecule has 66 heavy (non-hydrogen) atoms. The first-order valence-electron chi connectivity index (χ1n) is 22.8. The summed E-state index contributed by atoms with van der Waals surface area (Å²) in [5.74, 6) is 3.02. The van der Waals surface area contributed by atoms with Crippen molar-refractivity contribution >= 4 is 44.6 Å². The van der Waals surface area contributed by atoms with E-state index in [1.807, 2.05) is 31.2 Å². The van der Waals surface area contributed by atoms with Crippen LogP contribution in [0, 0.1) is 26.2 Å². The first kappa shape index (κ1) is 39.2. The Balaban J connectivity index is 1.16. The summed E-state index contributed by atoms with van der Waals surface area (Å²) in [5, 5.41) is 2.24. The smallest absolute Gasteiger partial charge is 0.136 e. The molecule has 2 heterocycles. The Hall–Kier alpha value is -8.38. The van der Waals surface area contributed by atoms with Gasteiger partial charge < -0.3 is 9.32 Å². The molecule has 0 saturated carbocycles. The van der Waals surface area contributed by atoms with Crippen LogP contribution in [0.4, 0.5) is 17.1 Å². The molecular weight excluding hydrogens is 799 g/mol. The van der Waals surface area contributed by atoms with E-state index in [1.54, 1.807) is 0 Å². The molecule has 0 radical (unpaired) electrons. The van der Waals surface area contributed by atoms with Gasteiger partial charge >= 0.3 is 0 Å². The average molecular weight is 844 g/mol. The summed E-state index contributed by atoms with van der Waals surface area (Å²) in [5.41, 5.74) is 26.4. The number of rotatable bonds is 6. The lowest BCUT2D eigenvalue weighted by Crippen LogP contribution is -2.12. The Morgan fingerprint density at radius 3 is 1.95 bits per heavy atom. The van der Waals surface area contributed by atoms with Gasteiger partial charge in [0, 0.05) is 38.7 Å². The monoisotopic (exact) mass is 843 g/mol. The summed E-state index contributed by atoms with van der Waals surface area (Å²) in [4.78, 5) is 2.48. The highest BCUT2D eigenvalue weighted by atomic mass is 16.3. The molecule has 2 nitrogen and oxygen atoms in total. The molecule has 0 amide bonds. The standard InChI is InChI=1S/C64H45NO/c1-5-7-19-42(6-2)62-41(4)18-14-24-48(62)45-31-34-58-55(38-45)52-33-30-44(51-26-16-29-61-64(51)53-23-11-13-28-60(53)66-61)37-54(52)56-39-46(32-35-59(56)65(58)57-27-12-8-17-40(57)3)50-25-15-21-47-36-43-20-9-10-22-49(43)63(47)50/h2,5,7-35,37-39H,36H2,1,3-4H3/b7-5-,42-19+. The van der Waals surface area contributed by atoms with E-state index in [9.17, 15) is 0 Å². The zero-order chi connectivity index (χ0) is 44.5. The number of aryl methyl sites for hydroxylation is 2. The van der Waals surface area contributed by atoms with Crippen molar-refractivity contribution in [3.05, 3.63) is 228 Å². The minimum Gasteiger partial charge on any atom is -0.456 e. The second-order valence-corrected chi connectivity index (χ2v) is 17.5. The first-order chi connectivity index (χ1) is 32.5. The minimum absolute atomic E-state index is 0.860. The normalized spacial score (nSPS) is 12.7. The number of terminal acetylenes is 1. The highest BCUT2D eigenvalue weighted by Crippen LogP contribution is 2.55. The van der Waals surface area contributed by atoms with Gasteiger partial charge in [-0.15, -0.1) is 6.42 Å². The van der Waals surface area contributed by atoms with Crippen molar-refractivity contribution in [2.45, 2.75) is 27.2 Å². The number of para-hydroxylation sites is 2. The van der Waals surface area contributed by atoms with Gasteiger partial charge in [-0.3, -0.25) is 0 Å². The maximum absolute atomic E-state index is 6.44. The van der Waals surface area contributed by atoms with Gasteiger partial charge in [-0.2, -0.15) is 0 Å². The second kappa shape index (κ2) is 15.7. The van der Waals surface area contributed by atoms with Crippen molar-refractivity contribution in [2.75, 3.05) is 4.90 Å². The van der Waals surface area contributed by atoms with Gasteiger partial charge in [-0.05, 0) is 160 Å². The van der Waals surface area contributed by atoms with Crippen LogP contribution in [-0.2, 0) is 6.42 Å². The van der Waals surface area contributed by atoms with E-state index in [1.165, 1.54) is 50.1 Å². The molecule has 0 saturated heterocycles. The molecule has 0 bridgehead atoms. The van der Waals surface area contributed by atoms with Crippen molar-refractivity contribution in [3.8, 4) is 79.1 Å². The fourth-order valence-corrected chi connectivity index (χ4v) is 10.7. The number of benzene rings is 9. The van der Waals surface area contributed by atoms with Crippen LogP contribution in [-0.4, -0.2) is 0 Å². The van der Waals surface area contributed by atoms with E-state index in [0.717, 1.165) is 95.5 Å². The maximum Gasteiger partial charge on any atom is 0.136 e. The summed E-state index contributed by atoms with van der Waals surface area (Å²) >= 11 is 0. The molecule has 2 aliphatic rings. The van der Waals surface area contributed by atoms with Crippen LogP contribution in [0.5, 0.6) is 0 Å². The zero-order valence-corrected chi connectivity index (χ0v) is 37.2. The average Bonchev–Trinajstić information content (AvgIpc) is 3.91. The first-order valence-corrected chi connectivity index (χ1v) is 22.8. The van der Waals surface area contributed by atoms with E-state index >= 15 is 0 Å². The van der Waals surface area contributed by atoms with Crippen LogP contribution in [0.25, 0.3) is 94.3 Å². The summed E-state index contributed by atoms with van der Waals surface area (Å²) in [6.45, 7) is 6.38. The minimum atomic E-state index is 0.860. The maximum atomic E-state index is 6.44. The summed E-state index contributed by atoms with van der Waals surface area (Å²) in [6, 6.07) is 66.9. The molecule has 12 rings (SSSR count). The predicted octanol–water partition coefficient (Wildman–Crippen LogP) is 17.5. The third kappa shape index (κ3) is 6.20. The number of fused-ring (bicyclic) bond motifs is 11. The van der Waals surface area contributed by atoms with E-state index in [0.29, 0.717) is 0 Å². The highest BCUT2D eigenvalue weighted by Gasteiger charge is 2.30. The molecular formula is C64H45NO. The quantitative estimate of drug-likeness (QED) is 0.122. The molecule has 2 heteroatoms. The topological polar surface area (TPSA) is 16.4 Å². The number of nitrogens with zero attached hydrogens (tertiary/aromatic N) is 1. The van der Waals surface area contributed by atoms with Crippen LogP contribution in [0.15, 0.2) is 205 Å². The van der Waals surface area contributed by atoms with Gasteiger partial charge in [0.2, 0.25) is 0 Å². The van der Waals surface area contributed by atoms with Crippen molar-refractivity contribution in [1.82, 2.24) is 0 Å². The molecule has 1 aliphatic carbocycles. The van der Waals surface area contributed by atoms with E-state index in [-0.39, 0.29) is 0 Å². The third-order valence-corrected chi connectivity index (χ3v) is 13.7. The molecule has 0 atom stereocenters. The molecule has 0 fully saturated rings. The van der Waals surface area contributed by atoms with Gasteiger partial charge in [0.05, 0.1) is 11.4 Å². The van der Waals surface area contributed by atoms with E-state index < -0.39 is 0 Å². The van der Waals surface area contributed by atoms with Crippen LogP contribution in [0.2, 0.25) is 0 Å². The Morgan fingerprint density at radius 2 is 1.12 bits per heavy atom. The molecule has 9 aromatic carbocycles. The Labute approximate surface area is 386 Å². The van der Waals surface area contributed by atoms with E-state index in [4.69, 9.17) is 10.8 Å².